The summed E-state index contributed by atoms with van der Waals surface area (Å²) in [5.74, 6) is 0.479. The summed E-state index contributed by atoms with van der Waals surface area (Å²) < 4.78 is 6.03. The van der Waals surface area contributed by atoms with Crippen molar-refractivity contribution in [2.24, 2.45) is 11.3 Å². The summed E-state index contributed by atoms with van der Waals surface area (Å²) in [6.07, 6.45) is 5.20. The lowest BCUT2D eigenvalue weighted by Crippen LogP contribution is -2.43. The maximum atomic E-state index is 12.8. The van der Waals surface area contributed by atoms with Gasteiger partial charge < -0.3 is 19.4 Å². The van der Waals surface area contributed by atoms with Crippen molar-refractivity contribution in [3.05, 3.63) is 30.1 Å². The van der Waals surface area contributed by atoms with Crippen molar-refractivity contribution in [1.82, 2.24) is 19.7 Å². The Labute approximate surface area is 156 Å². The maximum absolute atomic E-state index is 12.8. The van der Waals surface area contributed by atoms with Crippen LogP contribution in [0.1, 0.15) is 25.0 Å². The van der Waals surface area contributed by atoms with Gasteiger partial charge in [0.05, 0.1) is 18.9 Å². The van der Waals surface area contributed by atoms with E-state index in [9.17, 15) is 4.79 Å². The lowest BCUT2D eigenvalue weighted by atomic mass is 9.77. The molecule has 4 heterocycles. The van der Waals surface area contributed by atoms with Crippen LogP contribution in [-0.4, -0.2) is 78.6 Å². The Hall–Kier alpha value is -1.66. The summed E-state index contributed by atoms with van der Waals surface area (Å²) in [5, 5.41) is 0. The van der Waals surface area contributed by atoms with E-state index >= 15 is 0 Å². The molecule has 1 spiro atoms. The quantitative estimate of drug-likeness (QED) is 0.827. The Bertz CT molecular complexity index is 619. The smallest absolute Gasteiger partial charge is 0.320 e. The molecule has 0 saturated carbocycles. The molecular formula is C20H30N4O2. The Kier molecular flexibility index (Phi) is 5.14. The van der Waals surface area contributed by atoms with Crippen LogP contribution in [0.15, 0.2) is 24.4 Å². The summed E-state index contributed by atoms with van der Waals surface area (Å²) in [5.41, 5.74) is 1.17. The molecule has 26 heavy (non-hydrogen) atoms. The van der Waals surface area contributed by atoms with E-state index in [-0.39, 0.29) is 11.4 Å². The first kappa shape index (κ1) is 17.7. The number of amides is 2. The number of pyridine rings is 1. The molecule has 1 aromatic rings. The molecule has 2 amide bonds. The highest BCUT2D eigenvalue weighted by molar-refractivity contribution is 5.75. The van der Waals surface area contributed by atoms with Crippen LogP contribution in [-0.2, 0) is 11.3 Å². The highest BCUT2D eigenvalue weighted by Gasteiger charge is 2.50. The van der Waals surface area contributed by atoms with Crippen LogP contribution in [0.5, 0.6) is 0 Å². The Morgan fingerprint density at radius 2 is 2.08 bits per heavy atom. The van der Waals surface area contributed by atoms with Gasteiger partial charge in [0.25, 0.3) is 0 Å². The van der Waals surface area contributed by atoms with Gasteiger partial charge in [-0.2, -0.15) is 0 Å². The van der Waals surface area contributed by atoms with Gasteiger partial charge >= 0.3 is 6.03 Å². The van der Waals surface area contributed by atoms with E-state index in [0.29, 0.717) is 12.5 Å². The topological polar surface area (TPSA) is 48.9 Å². The summed E-state index contributed by atoms with van der Waals surface area (Å²) in [4.78, 5) is 23.6. The average molecular weight is 358 g/mol. The van der Waals surface area contributed by atoms with Crippen molar-refractivity contribution < 1.29 is 9.53 Å². The first-order valence-corrected chi connectivity index (χ1v) is 9.86. The van der Waals surface area contributed by atoms with Crippen LogP contribution in [0.3, 0.4) is 0 Å². The normalized spacial score (nSPS) is 29.2. The van der Waals surface area contributed by atoms with E-state index in [1.807, 2.05) is 29.3 Å². The molecule has 6 heteroatoms. The molecular weight excluding hydrogens is 328 g/mol. The molecule has 6 nitrogen and oxygen atoms in total. The standard InChI is InChI=1S/C20H30N4O2/c1-22-12-17(13-26-14-18-6-2-3-8-21-18)20(15-22)7-11-24(16-20)19(25)23-9-4-5-10-23/h2-3,6,8,17H,4-5,7,9-16H2,1H3/t17-,20-/m1/s1. The molecule has 0 aromatic carbocycles. The molecule has 142 valence electrons. The number of nitrogens with zero attached hydrogens (tertiary/aromatic N) is 4. The highest BCUT2D eigenvalue weighted by atomic mass is 16.5. The minimum atomic E-state index is 0.189. The zero-order chi connectivity index (χ0) is 18.0. The minimum absolute atomic E-state index is 0.189. The molecule has 0 radical (unpaired) electrons. The third-order valence-corrected chi connectivity index (χ3v) is 6.31. The van der Waals surface area contributed by atoms with Gasteiger partial charge in [-0.3, -0.25) is 4.98 Å². The van der Waals surface area contributed by atoms with Crippen molar-refractivity contribution in [1.29, 1.82) is 0 Å². The number of carbonyl (C=O) groups excluding carboxylic acids is 1. The van der Waals surface area contributed by atoms with E-state index in [1.54, 1.807) is 0 Å². The van der Waals surface area contributed by atoms with E-state index in [2.05, 4.69) is 21.8 Å². The second-order valence-electron chi connectivity index (χ2n) is 8.24. The highest BCUT2D eigenvalue weighted by Crippen LogP contribution is 2.44. The van der Waals surface area contributed by atoms with Gasteiger partial charge in [-0.25, -0.2) is 4.79 Å². The molecule has 3 saturated heterocycles. The van der Waals surface area contributed by atoms with Crippen LogP contribution in [0.4, 0.5) is 4.79 Å². The zero-order valence-corrected chi connectivity index (χ0v) is 15.8. The third kappa shape index (κ3) is 3.58. The molecule has 0 unspecified atom stereocenters. The molecule has 0 aliphatic carbocycles. The van der Waals surface area contributed by atoms with E-state index in [1.165, 1.54) is 0 Å². The second kappa shape index (κ2) is 7.53. The molecule has 0 N–H and O–H groups in total. The van der Waals surface area contributed by atoms with Gasteiger partial charge in [0.2, 0.25) is 0 Å². The minimum Gasteiger partial charge on any atom is -0.375 e. The summed E-state index contributed by atoms with van der Waals surface area (Å²) in [7, 11) is 2.19. The molecule has 3 aliphatic rings. The predicted octanol–water partition coefficient (Wildman–Crippen LogP) is 2.07. The van der Waals surface area contributed by atoms with E-state index in [4.69, 9.17) is 4.74 Å². The molecule has 3 aliphatic heterocycles. The number of carbonyl (C=O) groups is 1. The second-order valence-corrected chi connectivity index (χ2v) is 8.24. The Balaban J connectivity index is 1.35. The first-order valence-electron chi connectivity index (χ1n) is 9.86. The van der Waals surface area contributed by atoms with Crippen LogP contribution >= 0.6 is 0 Å². The number of rotatable bonds is 4. The number of aromatic nitrogens is 1. The number of likely N-dealkylation sites (tertiary alicyclic amines) is 3. The Morgan fingerprint density at radius 1 is 1.23 bits per heavy atom. The largest absolute Gasteiger partial charge is 0.375 e. The predicted molar refractivity (Wildman–Crippen MR) is 99.7 cm³/mol. The van der Waals surface area contributed by atoms with Crippen LogP contribution in [0.2, 0.25) is 0 Å². The zero-order valence-electron chi connectivity index (χ0n) is 15.8. The fourth-order valence-corrected chi connectivity index (χ4v) is 4.95. The summed E-state index contributed by atoms with van der Waals surface area (Å²) in [6, 6.07) is 6.18. The van der Waals surface area contributed by atoms with Crippen molar-refractivity contribution in [3.63, 3.8) is 0 Å². The SMILES string of the molecule is CN1C[C@H](COCc2ccccn2)[C@]2(CCN(C(=O)N3CCCC3)C2)C1. The fraction of sp³-hybridized carbons (Fsp3) is 0.700. The van der Waals surface area contributed by atoms with Crippen molar-refractivity contribution in [3.8, 4) is 0 Å². The summed E-state index contributed by atoms with van der Waals surface area (Å²) in [6.45, 7) is 7.05. The van der Waals surface area contributed by atoms with Gasteiger partial charge in [0, 0.05) is 56.8 Å². The number of hydrogen-bond acceptors (Lipinski definition) is 4. The molecule has 0 bridgehead atoms. The lowest BCUT2D eigenvalue weighted by molar-refractivity contribution is 0.0508. The lowest BCUT2D eigenvalue weighted by Gasteiger charge is -2.31. The van der Waals surface area contributed by atoms with Crippen molar-refractivity contribution in [2.75, 3.05) is 52.9 Å². The fourth-order valence-electron chi connectivity index (χ4n) is 4.95. The van der Waals surface area contributed by atoms with Gasteiger partial charge in [0.1, 0.15) is 0 Å². The monoisotopic (exact) mass is 358 g/mol. The van der Waals surface area contributed by atoms with Crippen molar-refractivity contribution in [2.45, 2.75) is 25.9 Å². The van der Waals surface area contributed by atoms with Gasteiger partial charge in [-0.15, -0.1) is 0 Å². The number of hydrogen-bond donors (Lipinski definition) is 0. The third-order valence-electron chi connectivity index (χ3n) is 6.31. The van der Waals surface area contributed by atoms with Crippen molar-refractivity contribution >= 4 is 6.03 Å². The average Bonchev–Trinajstić information content (AvgIpc) is 3.37. The maximum Gasteiger partial charge on any atom is 0.320 e. The molecule has 1 aromatic heterocycles. The number of ether oxygens (including phenoxy) is 1. The van der Waals surface area contributed by atoms with Gasteiger partial charge in [-0.1, -0.05) is 6.07 Å². The number of urea groups is 1. The molecule has 4 rings (SSSR count). The van der Waals surface area contributed by atoms with Gasteiger partial charge in [-0.05, 0) is 38.4 Å². The molecule has 3 fully saturated rings. The van der Waals surface area contributed by atoms with Crippen LogP contribution in [0.25, 0.3) is 0 Å². The molecule has 2 atom stereocenters. The van der Waals surface area contributed by atoms with Crippen LogP contribution in [0, 0.1) is 11.3 Å². The first-order chi connectivity index (χ1) is 12.7. The van der Waals surface area contributed by atoms with E-state index in [0.717, 1.165) is 70.8 Å². The van der Waals surface area contributed by atoms with E-state index < -0.39 is 0 Å². The van der Waals surface area contributed by atoms with Crippen LogP contribution < -0.4 is 0 Å². The summed E-state index contributed by atoms with van der Waals surface area (Å²) >= 11 is 0. The Morgan fingerprint density at radius 3 is 2.85 bits per heavy atom. The van der Waals surface area contributed by atoms with Gasteiger partial charge in [0.15, 0.2) is 0 Å².